The summed E-state index contributed by atoms with van der Waals surface area (Å²) in [5, 5.41) is 6.88. The molecule has 0 unspecified atom stereocenters. The van der Waals surface area contributed by atoms with Crippen LogP contribution in [-0.4, -0.2) is 16.6 Å². The lowest BCUT2D eigenvalue weighted by atomic mass is 10.1. The van der Waals surface area contributed by atoms with Crippen LogP contribution in [0.5, 0.6) is 0 Å². The van der Waals surface area contributed by atoms with Gasteiger partial charge in [-0.25, -0.2) is 4.79 Å². The molecule has 4 heteroatoms. The molecule has 0 aliphatic rings. The van der Waals surface area contributed by atoms with Gasteiger partial charge in [0.05, 0.1) is 0 Å². The predicted molar refractivity (Wildman–Crippen MR) is 73.4 cm³/mol. The van der Waals surface area contributed by atoms with Crippen LogP contribution in [-0.2, 0) is 6.54 Å². The predicted octanol–water partition coefficient (Wildman–Crippen LogP) is 2.77. The second kappa shape index (κ2) is 4.72. The minimum absolute atomic E-state index is 0.146. The van der Waals surface area contributed by atoms with E-state index in [2.05, 4.69) is 15.6 Å². The average Bonchev–Trinajstić information content (AvgIpc) is 2.67. The number of benzene rings is 1. The summed E-state index contributed by atoms with van der Waals surface area (Å²) >= 11 is 0. The third kappa shape index (κ3) is 3.03. The number of rotatable bonds is 2. The number of H-pyrrole nitrogens is 1. The zero-order valence-electron chi connectivity index (χ0n) is 11.0. The third-order valence-electron chi connectivity index (χ3n) is 2.60. The van der Waals surface area contributed by atoms with Gasteiger partial charge in [0, 0.05) is 29.2 Å². The van der Waals surface area contributed by atoms with Gasteiger partial charge in [-0.15, -0.1) is 0 Å². The SMILES string of the molecule is CC(C)(C)NC(=O)NCc1c[nH]c2ccccc12. The number of hydrogen-bond donors (Lipinski definition) is 3. The van der Waals surface area contributed by atoms with Gasteiger partial charge in [-0.1, -0.05) is 18.2 Å². The molecule has 2 aromatic rings. The van der Waals surface area contributed by atoms with Crippen molar-refractivity contribution in [2.75, 3.05) is 0 Å². The molecule has 4 nitrogen and oxygen atoms in total. The number of amides is 2. The Morgan fingerprint density at radius 3 is 2.72 bits per heavy atom. The zero-order chi connectivity index (χ0) is 13.2. The van der Waals surface area contributed by atoms with E-state index in [4.69, 9.17) is 0 Å². The van der Waals surface area contributed by atoms with E-state index in [1.54, 1.807) is 0 Å². The number of aromatic nitrogens is 1. The third-order valence-corrected chi connectivity index (χ3v) is 2.60. The summed E-state index contributed by atoms with van der Waals surface area (Å²) in [6.45, 7) is 6.39. The first-order chi connectivity index (χ1) is 8.46. The molecule has 0 fully saturated rings. The van der Waals surface area contributed by atoms with Gasteiger partial charge < -0.3 is 15.6 Å². The van der Waals surface area contributed by atoms with Gasteiger partial charge in [-0.2, -0.15) is 0 Å². The van der Waals surface area contributed by atoms with E-state index in [1.807, 2.05) is 51.2 Å². The highest BCUT2D eigenvalue weighted by Gasteiger charge is 2.13. The largest absolute Gasteiger partial charge is 0.361 e. The summed E-state index contributed by atoms with van der Waals surface area (Å²) in [7, 11) is 0. The first kappa shape index (κ1) is 12.5. The standard InChI is InChI=1S/C14H19N3O/c1-14(2,3)17-13(18)16-9-10-8-15-12-7-5-4-6-11(10)12/h4-8,15H,9H2,1-3H3,(H2,16,17,18). The van der Waals surface area contributed by atoms with Crippen molar-refractivity contribution in [1.29, 1.82) is 0 Å². The van der Waals surface area contributed by atoms with Crippen LogP contribution in [0.4, 0.5) is 4.79 Å². The summed E-state index contributed by atoms with van der Waals surface area (Å²) in [6, 6.07) is 7.91. The van der Waals surface area contributed by atoms with Crippen molar-refractivity contribution in [2.45, 2.75) is 32.9 Å². The van der Waals surface area contributed by atoms with Crippen LogP contribution >= 0.6 is 0 Å². The molecule has 0 saturated carbocycles. The van der Waals surface area contributed by atoms with Crippen molar-refractivity contribution in [3.8, 4) is 0 Å². The lowest BCUT2D eigenvalue weighted by molar-refractivity contribution is 0.231. The Morgan fingerprint density at radius 1 is 1.28 bits per heavy atom. The molecule has 0 saturated heterocycles. The van der Waals surface area contributed by atoms with Crippen molar-refractivity contribution in [3.05, 3.63) is 36.0 Å². The Hall–Kier alpha value is -1.97. The van der Waals surface area contributed by atoms with Crippen molar-refractivity contribution in [1.82, 2.24) is 15.6 Å². The molecule has 3 N–H and O–H groups in total. The van der Waals surface area contributed by atoms with Crippen LogP contribution in [0.15, 0.2) is 30.5 Å². The molecule has 18 heavy (non-hydrogen) atoms. The van der Waals surface area contributed by atoms with Crippen molar-refractivity contribution in [2.24, 2.45) is 0 Å². The number of carbonyl (C=O) groups is 1. The van der Waals surface area contributed by atoms with Gasteiger partial charge in [0.15, 0.2) is 0 Å². The maximum atomic E-state index is 11.7. The Morgan fingerprint density at radius 2 is 2.00 bits per heavy atom. The van der Waals surface area contributed by atoms with E-state index in [9.17, 15) is 4.79 Å². The average molecular weight is 245 g/mol. The monoisotopic (exact) mass is 245 g/mol. The maximum absolute atomic E-state index is 11.7. The van der Waals surface area contributed by atoms with Crippen molar-refractivity contribution < 1.29 is 4.79 Å². The van der Waals surface area contributed by atoms with E-state index < -0.39 is 0 Å². The highest BCUT2D eigenvalue weighted by molar-refractivity contribution is 5.83. The Bertz CT molecular complexity index is 551. The first-order valence-electron chi connectivity index (χ1n) is 6.07. The fourth-order valence-electron chi connectivity index (χ4n) is 1.84. The molecule has 0 aliphatic carbocycles. The molecule has 0 bridgehead atoms. The second-order valence-electron chi connectivity index (χ2n) is 5.42. The van der Waals surface area contributed by atoms with Crippen LogP contribution < -0.4 is 10.6 Å². The highest BCUT2D eigenvalue weighted by Crippen LogP contribution is 2.17. The normalized spacial score (nSPS) is 11.5. The van der Waals surface area contributed by atoms with Crippen LogP contribution in [0.3, 0.4) is 0 Å². The fraction of sp³-hybridized carbons (Fsp3) is 0.357. The number of urea groups is 1. The lowest BCUT2D eigenvalue weighted by Crippen LogP contribution is -2.46. The minimum atomic E-state index is -0.218. The van der Waals surface area contributed by atoms with Crippen molar-refractivity contribution in [3.63, 3.8) is 0 Å². The van der Waals surface area contributed by atoms with Gasteiger partial charge in [-0.3, -0.25) is 0 Å². The number of carbonyl (C=O) groups excluding carboxylic acids is 1. The van der Waals surface area contributed by atoms with E-state index in [0.717, 1.165) is 16.5 Å². The molecule has 0 atom stereocenters. The molecular formula is C14H19N3O. The summed E-state index contributed by atoms with van der Waals surface area (Å²) in [5.41, 5.74) is 1.96. The molecule has 1 aromatic carbocycles. The summed E-state index contributed by atoms with van der Waals surface area (Å²) in [6.07, 6.45) is 1.93. The lowest BCUT2D eigenvalue weighted by Gasteiger charge is -2.20. The highest BCUT2D eigenvalue weighted by atomic mass is 16.2. The molecule has 0 aliphatic heterocycles. The Kier molecular flexibility index (Phi) is 3.28. The van der Waals surface area contributed by atoms with E-state index in [-0.39, 0.29) is 11.6 Å². The molecule has 2 rings (SSSR count). The zero-order valence-corrected chi connectivity index (χ0v) is 11.0. The second-order valence-corrected chi connectivity index (χ2v) is 5.42. The van der Waals surface area contributed by atoms with E-state index >= 15 is 0 Å². The van der Waals surface area contributed by atoms with Crippen LogP contribution in [0, 0.1) is 0 Å². The summed E-state index contributed by atoms with van der Waals surface area (Å²) in [4.78, 5) is 14.8. The Labute approximate surface area is 107 Å². The first-order valence-corrected chi connectivity index (χ1v) is 6.07. The van der Waals surface area contributed by atoms with Gasteiger partial charge in [0.25, 0.3) is 0 Å². The number of para-hydroxylation sites is 1. The molecule has 1 aromatic heterocycles. The van der Waals surface area contributed by atoms with E-state index in [1.165, 1.54) is 0 Å². The van der Waals surface area contributed by atoms with Gasteiger partial charge in [0.2, 0.25) is 0 Å². The van der Waals surface area contributed by atoms with Gasteiger partial charge >= 0.3 is 6.03 Å². The van der Waals surface area contributed by atoms with Crippen LogP contribution in [0.2, 0.25) is 0 Å². The van der Waals surface area contributed by atoms with Crippen LogP contribution in [0.1, 0.15) is 26.3 Å². The number of nitrogens with one attached hydrogen (secondary N) is 3. The summed E-state index contributed by atoms with van der Waals surface area (Å²) in [5.74, 6) is 0. The van der Waals surface area contributed by atoms with Crippen molar-refractivity contribution >= 4 is 16.9 Å². The molecule has 1 heterocycles. The molecule has 0 radical (unpaired) electrons. The maximum Gasteiger partial charge on any atom is 0.315 e. The smallest absolute Gasteiger partial charge is 0.315 e. The van der Waals surface area contributed by atoms with Gasteiger partial charge in [-0.05, 0) is 32.4 Å². The molecular weight excluding hydrogens is 226 g/mol. The quantitative estimate of drug-likeness (QED) is 0.748. The molecule has 2 amide bonds. The number of fused-ring (bicyclic) bond motifs is 1. The minimum Gasteiger partial charge on any atom is -0.361 e. The Balaban J connectivity index is 2.00. The number of hydrogen-bond acceptors (Lipinski definition) is 1. The summed E-state index contributed by atoms with van der Waals surface area (Å²) < 4.78 is 0. The molecule has 96 valence electrons. The van der Waals surface area contributed by atoms with E-state index in [0.29, 0.717) is 6.54 Å². The topological polar surface area (TPSA) is 56.9 Å². The van der Waals surface area contributed by atoms with Crippen LogP contribution in [0.25, 0.3) is 10.9 Å². The molecule has 0 spiro atoms. The number of aromatic amines is 1. The van der Waals surface area contributed by atoms with Gasteiger partial charge in [0.1, 0.15) is 0 Å². The fourth-order valence-corrected chi connectivity index (χ4v) is 1.84.